The average molecular weight is 342 g/mol. The smallest absolute Gasteiger partial charge is 0.341 e. The van der Waals surface area contributed by atoms with Crippen LogP contribution in [-0.4, -0.2) is 38.2 Å². The molecule has 7 nitrogen and oxygen atoms in total. The lowest BCUT2D eigenvalue weighted by Crippen LogP contribution is -2.46. The molecular formula is C15H22N2O5S. The summed E-state index contributed by atoms with van der Waals surface area (Å²) in [6.45, 7) is 6.88. The minimum Gasteiger partial charge on any atom is -0.449 e. The van der Waals surface area contributed by atoms with E-state index in [4.69, 9.17) is 4.74 Å². The van der Waals surface area contributed by atoms with Gasteiger partial charge in [-0.25, -0.2) is 13.2 Å². The second kappa shape index (κ2) is 6.99. The Hall–Kier alpha value is -2.09. The Balaban J connectivity index is 2.88. The van der Waals surface area contributed by atoms with Crippen molar-refractivity contribution in [2.75, 3.05) is 11.0 Å². The summed E-state index contributed by atoms with van der Waals surface area (Å²) in [5.41, 5.74) is -0.315. The van der Waals surface area contributed by atoms with Crippen LogP contribution in [0.3, 0.4) is 0 Å². The predicted molar refractivity (Wildman–Crippen MR) is 87.7 cm³/mol. The van der Waals surface area contributed by atoms with Gasteiger partial charge >= 0.3 is 5.97 Å². The first kappa shape index (κ1) is 19.0. The molecule has 1 aromatic rings. The fourth-order valence-electron chi connectivity index (χ4n) is 1.70. The van der Waals surface area contributed by atoms with Crippen LogP contribution in [0.2, 0.25) is 0 Å². The Morgan fingerprint density at radius 2 is 1.74 bits per heavy atom. The van der Waals surface area contributed by atoms with Crippen molar-refractivity contribution in [1.82, 2.24) is 5.32 Å². The van der Waals surface area contributed by atoms with Crippen LogP contribution in [0.4, 0.5) is 5.69 Å². The van der Waals surface area contributed by atoms with Crippen molar-refractivity contribution >= 4 is 27.6 Å². The highest BCUT2D eigenvalue weighted by Crippen LogP contribution is 2.18. The molecule has 0 unspecified atom stereocenters. The number of sulfonamides is 1. The molecule has 128 valence electrons. The van der Waals surface area contributed by atoms with Gasteiger partial charge in [-0.2, -0.15) is 0 Å². The van der Waals surface area contributed by atoms with Gasteiger partial charge in [0.1, 0.15) is 0 Å². The monoisotopic (exact) mass is 342 g/mol. The maximum absolute atomic E-state index is 12.2. The van der Waals surface area contributed by atoms with E-state index in [0.29, 0.717) is 0 Å². The summed E-state index contributed by atoms with van der Waals surface area (Å²) in [5.74, 6) is -1.22. The Bertz CT molecular complexity index is 692. The SMILES string of the molecule is C[C@H](OC(=O)c1ccccc1NS(C)(=O)=O)C(=O)NC(C)(C)C. The van der Waals surface area contributed by atoms with Gasteiger partial charge in [0.15, 0.2) is 6.10 Å². The van der Waals surface area contributed by atoms with Gasteiger partial charge in [0.05, 0.1) is 17.5 Å². The molecule has 8 heteroatoms. The molecule has 23 heavy (non-hydrogen) atoms. The Morgan fingerprint density at radius 1 is 1.17 bits per heavy atom. The summed E-state index contributed by atoms with van der Waals surface area (Å²) in [7, 11) is -3.54. The van der Waals surface area contributed by atoms with Crippen molar-refractivity contribution in [3.63, 3.8) is 0 Å². The number of carbonyl (C=O) groups excluding carboxylic acids is 2. The molecule has 0 bridgehead atoms. The van der Waals surface area contributed by atoms with Gasteiger partial charge in [-0.15, -0.1) is 0 Å². The second-order valence-electron chi connectivity index (χ2n) is 6.21. The summed E-state index contributed by atoms with van der Waals surface area (Å²) in [6.07, 6.45) is -0.0258. The molecule has 0 fully saturated rings. The van der Waals surface area contributed by atoms with E-state index >= 15 is 0 Å². The van der Waals surface area contributed by atoms with E-state index in [9.17, 15) is 18.0 Å². The van der Waals surface area contributed by atoms with E-state index in [0.717, 1.165) is 6.26 Å². The molecule has 1 atom stereocenters. The molecule has 1 aromatic carbocycles. The number of nitrogens with one attached hydrogen (secondary N) is 2. The molecular weight excluding hydrogens is 320 g/mol. The highest BCUT2D eigenvalue weighted by molar-refractivity contribution is 7.92. The topological polar surface area (TPSA) is 102 Å². The molecule has 0 saturated carbocycles. The Labute approximate surface area is 136 Å². The van der Waals surface area contributed by atoms with E-state index in [-0.39, 0.29) is 11.3 Å². The van der Waals surface area contributed by atoms with Gasteiger partial charge in [-0.3, -0.25) is 9.52 Å². The van der Waals surface area contributed by atoms with Crippen LogP contribution in [-0.2, 0) is 19.6 Å². The highest BCUT2D eigenvalue weighted by atomic mass is 32.2. The first-order chi connectivity index (χ1) is 10.4. The zero-order valence-electron chi connectivity index (χ0n) is 13.8. The van der Waals surface area contributed by atoms with Crippen LogP contribution < -0.4 is 10.0 Å². The lowest BCUT2D eigenvalue weighted by Gasteiger charge is -2.23. The van der Waals surface area contributed by atoms with Gasteiger partial charge in [0.2, 0.25) is 10.0 Å². The lowest BCUT2D eigenvalue weighted by atomic mass is 10.1. The van der Waals surface area contributed by atoms with E-state index < -0.39 is 33.5 Å². The van der Waals surface area contributed by atoms with Gasteiger partial charge in [0.25, 0.3) is 5.91 Å². The van der Waals surface area contributed by atoms with Crippen LogP contribution >= 0.6 is 0 Å². The third-order valence-electron chi connectivity index (χ3n) is 2.59. The summed E-state index contributed by atoms with van der Waals surface area (Å²) in [6, 6.07) is 6.02. The fraction of sp³-hybridized carbons (Fsp3) is 0.467. The summed E-state index contributed by atoms with van der Waals surface area (Å²) in [5, 5.41) is 2.70. The number of rotatable bonds is 5. The van der Waals surface area contributed by atoms with Crippen LogP contribution in [0.25, 0.3) is 0 Å². The minimum atomic E-state index is -3.54. The van der Waals surface area contributed by atoms with Crippen LogP contribution in [0.1, 0.15) is 38.1 Å². The number of hydrogen-bond donors (Lipinski definition) is 2. The van der Waals surface area contributed by atoms with E-state index in [1.54, 1.807) is 12.1 Å². The quantitative estimate of drug-likeness (QED) is 0.790. The maximum atomic E-state index is 12.2. The molecule has 1 rings (SSSR count). The zero-order chi connectivity index (χ0) is 17.8. The molecule has 0 aromatic heterocycles. The lowest BCUT2D eigenvalue weighted by molar-refractivity contribution is -0.130. The van der Waals surface area contributed by atoms with Crippen molar-refractivity contribution in [2.45, 2.75) is 39.3 Å². The molecule has 0 spiro atoms. The molecule has 0 aliphatic rings. The number of anilines is 1. The third-order valence-corrected chi connectivity index (χ3v) is 3.18. The van der Waals surface area contributed by atoms with Crippen LogP contribution in [0.5, 0.6) is 0 Å². The van der Waals surface area contributed by atoms with Crippen LogP contribution in [0.15, 0.2) is 24.3 Å². The number of para-hydroxylation sites is 1. The molecule has 2 N–H and O–H groups in total. The van der Waals surface area contributed by atoms with Gasteiger partial charge < -0.3 is 10.1 Å². The molecule has 0 aliphatic heterocycles. The number of ether oxygens (including phenoxy) is 1. The van der Waals surface area contributed by atoms with Crippen molar-refractivity contribution < 1.29 is 22.7 Å². The van der Waals surface area contributed by atoms with E-state index in [2.05, 4.69) is 10.0 Å². The number of esters is 1. The fourth-order valence-corrected chi connectivity index (χ4v) is 2.28. The average Bonchev–Trinajstić information content (AvgIpc) is 2.35. The number of amides is 1. The minimum absolute atomic E-state index is 0.0355. The number of benzene rings is 1. The van der Waals surface area contributed by atoms with Gasteiger partial charge in [-0.05, 0) is 39.8 Å². The molecule has 1 amide bonds. The summed E-state index contributed by atoms with van der Waals surface area (Å²) >= 11 is 0. The maximum Gasteiger partial charge on any atom is 0.341 e. The van der Waals surface area contributed by atoms with Crippen molar-refractivity contribution in [3.8, 4) is 0 Å². The highest BCUT2D eigenvalue weighted by Gasteiger charge is 2.24. The van der Waals surface area contributed by atoms with E-state index in [1.807, 2.05) is 20.8 Å². The standard InChI is InChI=1S/C15H22N2O5S/c1-10(13(18)16-15(2,3)4)22-14(19)11-8-6-7-9-12(11)17-23(5,20)21/h6-10,17H,1-5H3,(H,16,18)/t10-/m0/s1. The van der Waals surface area contributed by atoms with Crippen molar-refractivity contribution in [1.29, 1.82) is 0 Å². The number of hydrogen-bond acceptors (Lipinski definition) is 5. The van der Waals surface area contributed by atoms with Crippen molar-refractivity contribution in [3.05, 3.63) is 29.8 Å². The summed E-state index contributed by atoms with van der Waals surface area (Å²) in [4.78, 5) is 24.1. The largest absolute Gasteiger partial charge is 0.449 e. The molecule has 0 aliphatic carbocycles. The first-order valence-electron chi connectivity index (χ1n) is 6.99. The molecule has 0 heterocycles. The number of carbonyl (C=O) groups is 2. The van der Waals surface area contributed by atoms with Crippen LogP contribution in [0, 0.1) is 0 Å². The molecule has 0 saturated heterocycles. The van der Waals surface area contributed by atoms with Crippen molar-refractivity contribution in [2.24, 2.45) is 0 Å². The Kier molecular flexibility index (Phi) is 5.76. The zero-order valence-corrected chi connectivity index (χ0v) is 14.7. The first-order valence-corrected chi connectivity index (χ1v) is 8.88. The third kappa shape index (κ3) is 6.68. The molecule has 0 radical (unpaired) electrons. The predicted octanol–water partition coefficient (Wildman–Crippen LogP) is 1.52. The van der Waals surface area contributed by atoms with E-state index in [1.165, 1.54) is 19.1 Å². The summed E-state index contributed by atoms with van der Waals surface area (Å²) < 4.78 is 30.0. The second-order valence-corrected chi connectivity index (χ2v) is 7.96. The Morgan fingerprint density at radius 3 is 2.26 bits per heavy atom. The normalized spacial score (nSPS) is 13.1. The van der Waals surface area contributed by atoms with Gasteiger partial charge in [0, 0.05) is 5.54 Å². The van der Waals surface area contributed by atoms with Gasteiger partial charge in [-0.1, -0.05) is 12.1 Å².